The zero-order valence-electron chi connectivity index (χ0n) is 26.2. The maximum atomic E-state index is 14.3. The van der Waals surface area contributed by atoms with E-state index in [1.807, 2.05) is 55.6 Å². The van der Waals surface area contributed by atoms with Crippen molar-refractivity contribution in [3.8, 4) is 22.8 Å². The Bertz CT molecular complexity index is 1870. The normalized spacial score (nSPS) is 13.2. The number of aryl methyl sites for hydroxylation is 2. The first-order valence-corrected chi connectivity index (χ1v) is 18.8. The lowest BCUT2D eigenvalue weighted by Gasteiger charge is -2.33. The van der Waals surface area contributed by atoms with Crippen molar-refractivity contribution in [2.75, 3.05) is 14.2 Å². The van der Waals surface area contributed by atoms with Crippen LogP contribution in [0.1, 0.15) is 32.8 Å². The molecule has 1 unspecified atom stereocenters. The van der Waals surface area contributed by atoms with E-state index in [0.29, 0.717) is 29.4 Å². The fraction of sp³-hybridized carbons (Fsp3) is 0.364. The van der Waals surface area contributed by atoms with Gasteiger partial charge in [-0.3, -0.25) is 0 Å². The largest absolute Gasteiger partial charge is 0.493 e. The molecule has 2 aromatic carbocycles. The number of ether oxygens (including phenoxy) is 2. The predicted octanol–water partition coefficient (Wildman–Crippen LogP) is 7.03. The van der Waals surface area contributed by atoms with Crippen LogP contribution in [0.4, 0.5) is 0 Å². The van der Waals surface area contributed by atoms with Gasteiger partial charge in [0.15, 0.2) is 26.2 Å². The molecular formula is C33H41N3O5SSi. The van der Waals surface area contributed by atoms with Gasteiger partial charge in [-0.05, 0) is 68.3 Å². The molecule has 5 rings (SSSR count). The Labute approximate surface area is 256 Å². The number of rotatable bonds is 10. The van der Waals surface area contributed by atoms with Crippen LogP contribution in [0.3, 0.4) is 0 Å². The quantitative estimate of drug-likeness (QED) is 0.156. The number of fused-ring (bicyclic) bond motifs is 2. The Morgan fingerprint density at radius 1 is 0.977 bits per heavy atom. The van der Waals surface area contributed by atoms with Gasteiger partial charge in [0.25, 0.3) is 10.0 Å². The number of aromatic nitrogens is 3. The molecule has 0 fully saturated rings. The summed E-state index contributed by atoms with van der Waals surface area (Å²) < 4.78 is 49.9. The van der Waals surface area contributed by atoms with E-state index in [1.54, 1.807) is 32.5 Å². The summed E-state index contributed by atoms with van der Waals surface area (Å²) in [5.74, 6) is 1.17. The zero-order chi connectivity index (χ0) is 31.1. The highest BCUT2D eigenvalue weighted by Gasteiger charge is 2.29. The third kappa shape index (κ3) is 5.96. The SMILES string of the molecule is COc1cc2c(-c3cc4cccnc4n3S(=O)(=O)c3ccc(C)cc3)cn(CCC(O[SiH](C)C)C(C)(C)C)c2cc1OC. The standard InChI is InChI=1S/C33H41N3O5SSi/c1-22-11-13-24(14-12-22)42(37,38)36-28(18-23-10-9-16-34-32(23)36)26-21-35(17-15-31(33(2,3)4)41-43(7)8)27-20-30(40-6)29(39-5)19-25(26)27/h9-14,16,18-21,31,43H,15,17H2,1-8H3. The summed E-state index contributed by atoms with van der Waals surface area (Å²) in [7, 11) is -2.04. The maximum Gasteiger partial charge on any atom is 0.269 e. The first-order valence-electron chi connectivity index (χ1n) is 14.5. The van der Waals surface area contributed by atoms with Crippen molar-refractivity contribution in [3.05, 3.63) is 72.6 Å². The topological polar surface area (TPSA) is 84.6 Å². The molecule has 0 N–H and O–H groups in total. The molecular weight excluding hydrogens is 579 g/mol. The van der Waals surface area contributed by atoms with Gasteiger partial charge in [0.2, 0.25) is 0 Å². The molecule has 43 heavy (non-hydrogen) atoms. The molecule has 0 bridgehead atoms. The van der Waals surface area contributed by atoms with Gasteiger partial charge in [-0.15, -0.1) is 0 Å². The molecule has 10 heteroatoms. The lowest BCUT2D eigenvalue weighted by atomic mass is 9.87. The van der Waals surface area contributed by atoms with Gasteiger partial charge in [-0.25, -0.2) is 17.4 Å². The summed E-state index contributed by atoms with van der Waals surface area (Å²) in [6, 6.07) is 16.4. The summed E-state index contributed by atoms with van der Waals surface area (Å²) >= 11 is 0. The van der Waals surface area contributed by atoms with Gasteiger partial charge in [0, 0.05) is 41.3 Å². The second-order valence-corrected chi connectivity index (χ2v) is 16.5. The Morgan fingerprint density at radius 3 is 2.28 bits per heavy atom. The van der Waals surface area contributed by atoms with Crippen molar-refractivity contribution >= 4 is 41.0 Å². The van der Waals surface area contributed by atoms with Crippen molar-refractivity contribution in [1.82, 2.24) is 13.5 Å². The van der Waals surface area contributed by atoms with Crippen LogP contribution >= 0.6 is 0 Å². The lowest BCUT2D eigenvalue weighted by Crippen LogP contribution is -2.34. The van der Waals surface area contributed by atoms with Crippen molar-refractivity contribution in [3.63, 3.8) is 0 Å². The van der Waals surface area contributed by atoms with Gasteiger partial charge < -0.3 is 18.5 Å². The van der Waals surface area contributed by atoms with Gasteiger partial charge in [-0.1, -0.05) is 38.5 Å². The zero-order valence-corrected chi connectivity index (χ0v) is 28.2. The highest BCUT2D eigenvalue weighted by atomic mass is 32.2. The van der Waals surface area contributed by atoms with Gasteiger partial charge >= 0.3 is 0 Å². The summed E-state index contributed by atoms with van der Waals surface area (Å²) in [6.45, 7) is 13.6. The molecule has 8 nitrogen and oxygen atoms in total. The van der Waals surface area contributed by atoms with Crippen LogP contribution in [-0.2, 0) is 21.0 Å². The van der Waals surface area contributed by atoms with E-state index in [0.717, 1.165) is 33.8 Å². The van der Waals surface area contributed by atoms with Crippen LogP contribution in [0.15, 0.2) is 71.9 Å². The van der Waals surface area contributed by atoms with Gasteiger partial charge in [0.1, 0.15) is 0 Å². The maximum absolute atomic E-state index is 14.3. The van der Waals surface area contributed by atoms with Crippen molar-refractivity contribution in [2.24, 2.45) is 5.41 Å². The van der Waals surface area contributed by atoms with E-state index in [2.05, 4.69) is 43.4 Å². The molecule has 0 aliphatic carbocycles. The average molecular weight is 620 g/mol. The fourth-order valence-corrected chi connectivity index (χ4v) is 8.24. The smallest absolute Gasteiger partial charge is 0.269 e. The Balaban J connectivity index is 1.75. The Kier molecular flexibility index (Phi) is 8.48. The molecule has 0 aliphatic heterocycles. The van der Waals surface area contributed by atoms with E-state index in [-0.39, 0.29) is 16.4 Å². The average Bonchev–Trinajstić information content (AvgIpc) is 3.52. The van der Waals surface area contributed by atoms with Crippen molar-refractivity contribution in [1.29, 1.82) is 0 Å². The number of pyridine rings is 1. The highest BCUT2D eigenvalue weighted by molar-refractivity contribution is 7.90. The molecule has 228 valence electrons. The summed E-state index contributed by atoms with van der Waals surface area (Å²) in [5.41, 5.74) is 3.54. The Morgan fingerprint density at radius 2 is 1.65 bits per heavy atom. The van der Waals surface area contributed by atoms with Crippen LogP contribution in [-0.4, -0.2) is 51.3 Å². The molecule has 1 atom stereocenters. The molecule has 0 amide bonds. The summed E-state index contributed by atoms with van der Waals surface area (Å²) in [5, 5.41) is 1.59. The molecule has 5 aromatic rings. The van der Waals surface area contributed by atoms with Crippen LogP contribution in [0.25, 0.3) is 33.2 Å². The van der Waals surface area contributed by atoms with Gasteiger partial charge in [0.05, 0.1) is 36.4 Å². The van der Waals surface area contributed by atoms with Crippen LogP contribution in [0.5, 0.6) is 11.5 Å². The monoisotopic (exact) mass is 619 g/mol. The first-order chi connectivity index (χ1) is 20.3. The van der Waals surface area contributed by atoms with Crippen LogP contribution in [0.2, 0.25) is 13.1 Å². The number of methoxy groups -OCH3 is 2. The first kappa shape index (κ1) is 30.8. The molecule has 0 saturated heterocycles. The van der Waals surface area contributed by atoms with Gasteiger partial charge in [-0.2, -0.15) is 0 Å². The number of hydrogen-bond acceptors (Lipinski definition) is 6. The lowest BCUT2D eigenvalue weighted by molar-refractivity contribution is 0.0747. The number of nitrogens with zero attached hydrogens (tertiary/aromatic N) is 3. The minimum absolute atomic E-state index is 0.0236. The minimum atomic E-state index is -3.99. The fourth-order valence-electron chi connectivity index (χ4n) is 5.55. The predicted molar refractivity (Wildman–Crippen MR) is 175 cm³/mol. The minimum Gasteiger partial charge on any atom is -0.493 e. The molecule has 0 aliphatic rings. The second-order valence-electron chi connectivity index (χ2n) is 12.3. The summed E-state index contributed by atoms with van der Waals surface area (Å²) in [6.07, 6.45) is 4.54. The molecule has 0 saturated carbocycles. The third-order valence-corrected chi connectivity index (χ3v) is 10.4. The van der Waals surface area contributed by atoms with Crippen molar-refractivity contribution in [2.45, 2.75) is 64.8 Å². The van der Waals surface area contributed by atoms with Crippen LogP contribution < -0.4 is 9.47 Å². The third-order valence-electron chi connectivity index (χ3n) is 7.78. The Hall–Kier alpha value is -3.60. The van der Waals surface area contributed by atoms with Crippen molar-refractivity contribution < 1.29 is 22.3 Å². The van der Waals surface area contributed by atoms with E-state index in [4.69, 9.17) is 13.9 Å². The second kappa shape index (κ2) is 11.8. The van der Waals surface area contributed by atoms with E-state index in [1.165, 1.54) is 3.97 Å². The highest BCUT2D eigenvalue weighted by Crippen LogP contribution is 2.41. The van der Waals surface area contributed by atoms with E-state index >= 15 is 0 Å². The van der Waals surface area contributed by atoms with E-state index < -0.39 is 19.1 Å². The summed E-state index contributed by atoms with van der Waals surface area (Å²) in [4.78, 5) is 4.72. The number of benzene rings is 2. The van der Waals surface area contributed by atoms with Crippen LogP contribution in [0, 0.1) is 12.3 Å². The number of hydrogen-bond donors (Lipinski definition) is 0. The molecule has 3 aromatic heterocycles. The molecule has 0 radical (unpaired) electrons. The molecule has 0 spiro atoms. The molecule has 3 heterocycles. The van der Waals surface area contributed by atoms with E-state index in [9.17, 15) is 8.42 Å².